The summed E-state index contributed by atoms with van der Waals surface area (Å²) in [6.45, 7) is 2.22. The van der Waals surface area contributed by atoms with Gasteiger partial charge in [0, 0.05) is 35.8 Å². The minimum Gasteiger partial charge on any atom is -0.468 e. The van der Waals surface area contributed by atoms with Crippen molar-refractivity contribution in [2.75, 3.05) is 27.3 Å². The molecule has 1 fully saturated rings. The van der Waals surface area contributed by atoms with Crippen molar-refractivity contribution in [3.63, 3.8) is 0 Å². The number of allylic oxidation sites excluding steroid dienone is 1. The van der Waals surface area contributed by atoms with Crippen molar-refractivity contribution in [2.24, 2.45) is 11.3 Å². The number of esters is 1. The zero-order valence-corrected chi connectivity index (χ0v) is 16.5. The van der Waals surface area contributed by atoms with Crippen molar-refractivity contribution in [2.45, 2.75) is 25.8 Å². The fourth-order valence-electron chi connectivity index (χ4n) is 5.29. The van der Waals surface area contributed by atoms with Crippen molar-refractivity contribution in [1.82, 2.24) is 9.88 Å². The monoisotopic (exact) mass is 382 g/mol. The number of nitrogens with zero attached hydrogens (tertiary/aromatic N) is 1. The summed E-state index contributed by atoms with van der Waals surface area (Å²) in [6, 6.07) is 7.57. The minimum atomic E-state index is -1.17. The van der Waals surface area contributed by atoms with Gasteiger partial charge >= 0.3 is 5.97 Å². The number of aliphatic hydroxyl groups is 1. The van der Waals surface area contributed by atoms with E-state index < -0.39 is 11.4 Å². The van der Waals surface area contributed by atoms with E-state index in [0.717, 1.165) is 22.0 Å². The first-order valence-electron chi connectivity index (χ1n) is 9.65. The van der Waals surface area contributed by atoms with Gasteiger partial charge in [-0.05, 0) is 32.0 Å². The van der Waals surface area contributed by atoms with Crippen molar-refractivity contribution in [3.05, 3.63) is 47.2 Å². The Balaban J connectivity index is 1.99. The van der Waals surface area contributed by atoms with Crippen molar-refractivity contribution < 1.29 is 19.4 Å². The summed E-state index contributed by atoms with van der Waals surface area (Å²) in [6.07, 6.45) is 2.62. The Kier molecular flexibility index (Phi) is 4.63. The number of benzene rings is 1. The maximum atomic E-state index is 13.3. The molecule has 2 aromatic rings. The largest absolute Gasteiger partial charge is 0.468 e. The van der Waals surface area contributed by atoms with Crippen LogP contribution in [-0.2, 0) is 16.0 Å². The number of para-hydroxylation sites is 1. The molecule has 2 aliphatic rings. The van der Waals surface area contributed by atoms with Crippen LogP contribution in [0.5, 0.6) is 0 Å². The number of fused-ring (bicyclic) bond motifs is 5. The van der Waals surface area contributed by atoms with Gasteiger partial charge in [-0.2, -0.15) is 0 Å². The third kappa shape index (κ3) is 2.48. The molecule has 2 bridgehead atoms. The highest BCUT2D eigenvalue weighted by atomic mass is 16.5. The Bertz CT molecular complexity index is 976. The van der Waals surface area contributed by atoms with Crippen LogP contribution in [-0.4, -0.2) is 60.1 Å². The van der Waals surface area contributed by atoms with Gasteiger partial charge in [-0.1, -0.05) is 29.8 Å². The standard InChI is InChI=1S/C22H26N2O4/c1-4-13-11-24(2)19-9-15-14-7-5-6-8-17(14)23-20(15)18(26)10-16(13)22(19,12-25)21(27)28-3/h4-8,16,19,23,25H,9-12H2,1-3H3/b13-4-/t16-,19+,22?/m1/s1. The first-order chi connectivity index (χ1) is 13.5. The Hall–Kier alpha value is -2.44. The van der Waals surface area contributed by atoms with Crippen LogP contribution in [0.1, 0.15) is 29.4 Å². The lowest BCUT2D eigenvalue weighted by Gasteiger charge is -2.52. The highest BCUT2D eigenvalue weighted by Crippen LogP contribution is 2.49. The number of ether oxygens (including phenoxy) is 1. The predicted octanol–water partition coefficient (Wildman–Crippen LogP) is 2.33. The zero-order valence-electron chi connectivity index (χ0n) is 16.5. The molecule has 0 spiro atoms. The van der Waals surface area contributed by atoms with Crippen LogP contribution < -0.4 is 0 Å². The lowest BCUT2D eigenvalue weighted by Crippen LogP contribution is -2.63. The number of methoxy groups -OCH3 is 1. The normalized spacial score (nSPS) is 29.4. The minimum absolute atomic E-state index is 0.0275. The number of H-pyrrole nitrogens is 1. The van der Waals surface area contributed by atoms with Crippen LogP contribution in [0.3, 0.4) is 0 Å². The number of Topliss-reactive ketones (excluding diaryl/α,β-unsaturated/α-hetero) is 1. The number of rotatable bonds is 2. The van der Waals surface area contributed by atoms with E-state index in [0.29, 0.717) is 18.7 Å². The van der Waals surface area contributed by atoms with E-state index >= 15 is 0 Å². The Morgan fingerprint density at radius 1 is 1.39 bits per heavy atom. The zero-order chi connectivity index (χ0) is 20.1. The number of hydrogen-bond acceptors (Lipinski definition) is 5. The molecule has 4 rings (SSSR count). The van der Waals surface area contributed by atoms with Gasteiger partial charge in [0.25, 0.3) is 0 Å². The molecule has 6 heteroatoms. The number of hydrogen-bond donors (Lipinski definition) is 2. The molecule has 1 saturated heterocycles. The lowest BCUT2D eigenvalue weighted by atomic mass is 9.60. The molecular formula is C22H26N2O4. The topological polar surface area (TPSA) is 82.6 Å². The number of aromatic nitrogens is 1. The van der Waals surface area contributed by atoms with Gasteiger partial charge in [-0.3, -0.25) is 14.5 Å². The summed E-state index contributed by atoms with van der Waals surface area (Å²) in [5, 5.41) is 11.5. The summed E-state index contributed by atoms with van der Waals surface area (Å²) in [4.78, 5) is 31.8. The summed E-state index contributed by atoms with van der Waals surface area (Å²) in [5.74, 6) is -0.865. The summed E-state index contributed by atoms with van der Waals surface area (Å²) in [5.41, 5.74) is 2.28. The molecule has 1 unspecified atom stereocenters. The molecule has 1 aliphatic carbocycles. The molecule has 3 atom stereocenters. The SMILES string of the molecule is C/C=C1/CN(C)[C@H]2Cc3c([nH]c4ccccc34)C(=O)C[C@H]1C2(CO)C(=O)OC. The molecule has 0 radical (unpaired) electrons. The van der Waals surface area contributed by atoms with Gasteiger partial charge < -0.3 is 14.8 Å². The van der Waals surface area contributed by atoms with E-state index in [9.17, 15) is 14.7 Å². The quantitative estimate of drug-likeness (QED) is 0.615. The van der Waals surface area contributed by atoms with Gasteiger partial charge in [-0.25, -0.2) is 0 Å². The molecule has 1 aromatic carbocycles. The number of nitrogens with one attached hydrogen (secondary N) is 1. The molecular weight excluding hydrogens is 356 g/mol. The average molecular weight is 382 g/mol. The van der Waals surface area contributed by atoms with Crippen LogP contribution in [0.15, 0.2) is 35.9 Å². The number of piperidine rings is 1. The predicted molar refractivity (Wildman–Crippen MR) is 106 cm³/mol. The van der Waals surface area contributed by atoms with Gasteiger partial charge in [-0.15, -0.1) is 0 Å². The third-order valence-corrected chi connectivity index (χ3v) is 6.71. The van der Waals surface area contributed by atoms with Crippen LogP contribution in [0.25, 0.3) is 10.9 Å². The second kappa shape index (κ2) is 6.87. The third-order valence-electron chi connectivity index (χ3n) is 6.71. The Labute approximate surface area is 164 Å². The number of aliphatic hydroxyl groups excluding tert-OH is 1. The Morgan fingerprint density at radius 2 is 2.14 bits per heavy atom. The van der Waals surface area contributed by atoms with Crippen molar-refractivity contribution >= 4 is 22.7 Å². The van der Waals surface area contributed by atoms with Crippen molar-refractivity contribution in [3.8, 4) is 0 Å². The molecule has 2 N–H and O–H groups in total. The Morgan fingerprint density at radius 3 is 2.82 bits per heavy atom. The lowest BCUT2D eigenvalue weighted by molar-refractivity contribution is -0.168. The molecule has 2 heterocycles. The molecule has 0 amide bonds. The van der Waals surface area contributed by atoms with Crippen LogP contribution in [0, 0.1) is 11.3 Å². The molecule has 28 heavy (non-hydrogen) atoms. The summed E-state index contributed by atoms with van der Waals surface area (Å²) in [7, 11) is 3.32. The van der Waals surface area contributed by atoms with Gasteiger partial charge in [0.05, 0.1) is 19.4 Å². The van der Waals surface area contributed by atoms with E-state index in [4.69, 9.17) is 4.74 Å². The molecule has 148 valence electrons. The van der Waals surface area contributed by atoms with Crippen molar-refractivity contribution in [1.29, 1.82) is 0 Å². The van der Waals surface area contributed by atoms with Crippen LogP contribution in [0.2, 0.25) is 0 Å². The van der Waals surface area contributed by atoms with Crippen LogP contribution >= 0.6 is 0 Å². The van der Waals surface area contributed by atoms with E-state index in [1.807, 2.05) is 44.3 Å². The fraction of sp³-hybridized carbons (Fsp3) is 0.455. The average Bonchev–Trinajstić information content (AvgIpc) is 3.07. The van der Waals surface area contributed by atoms with Gasteiger partial charge in [0.2, 0.25) is 0 Å². The number of likely N-dealkylation sites (N-methyl/N-ethyl adjacent to an activating group) is 1. The number of aromatic amines is 1. The van der Waals surface area contributed by atoms with E-state index in [-0.39, 0.29) is 30.8 Å². The fourth-order valence-corrected chi connectivity index (χ4v) is 5.29. The van der Waals surface area contributed by atoms with Gasteiger partial charge in [0.1, 0.15) is 5.41 Å². The summed E-state index contributed by atoms with van der Waals surface area (Å²) >= 11 is 0. The maximum Gasteiger partial charge on any atom is 0.316 e. The molecule has 0 saturated carbocycles. The smallest absolute Gasteiger partial charge is 0.316 e. The number of carbonyl (C=O) groups excluding carboxylic acids is 2. The maximum absolute atomic E-state index is 13.3. The number of ketones is 1. The van der Waals surface area contributed by atoms with Crippen LogP contribution in [0.4, 0.5) is 0 Å². The number of likely N-dealkylation sites (tertiary alicyclic amines) is 1. The second-order valence-corrected chi connectivity index (χ2v) is 7.89. The first kappa shape index (κ1) is 18.9. The van der Waals surface area contributed by atoms with E-state index in [1.54, 1.807) is 0 Å². The van der Waals surface area contributed by atoms with E-state index in [2.05, 4.69) is 9.88 Å². The highest BCUT2D eigenvalue weighted by molar-refractivity contribution is 6.03. The first-order valence-corrected chi connectivity index (χ1v) is 9.65. The highest BCUT2D eigenvalue weighted by Gasteiger charge is 2.58. The second-order valence-electron chi connectivity index (χ2n) is 7.89. The molecule has 1 aromatic heterocycles. The summed E-state index contributed by atoms with van der Waals surface area (Å²) < 4.78 is 5.18. The van der Waals surface area contributed by atoms with E-state index in [1.165, 1.54) is 7.11 Å². The van der Waals surface area contributed by atoms with Gasteiger partial charge in [0.15, 0.2) is 5.78 Å². The number of carbonyl (C=O) groups is 2. The molecule has 6 nitrogen and oxygen atoms in total. The molecule has 1 aliphatic heterocycles.